The number of hydrogen-bond donors (Lipinski definition) is 0. The number of fused-ring (bicyclic) bond motifs is 11. The van der Waals surface area contributed by atoms with Crippen LogP contribution in [0, 0.1) is 0 Å². The third-order valence-corrected chi connectivity index (χ3v) is 10.3. The maximum absolute atomic E-state index is 6.20. The van der Waals surface area contributed by atoms with Crippen LogP contribution in [0.2, 0.25) is 0 Å². The lowest BCUT2D eigenvalue weighted by Gasteiger charge is -2.11. The van der Waals surface area contributed by atoms with Gasteiger partial charge in [0.1, 0.15) is 11.2 Å². The van der Waals surface area contributed by atoms with Gasteiger partial charge < -0.3 is 13.6 Å². The van der Waals surface area contributed by atoms with Gasteiger partial charge in [-0.2, -0.15) is 0 Å². The second-order valence-electron chi connectivity index (χ2n) is 12.9. The Kier molecular flexibility index (Phi) is 5.38. The van der Waals surface area contributed by atoms with Gasteiger partial charge in [-0.25, -0.2) is 0 Å². The van der Waals surface area contributed by atoms with E-state index in [0.717, 1.165) is 38.8 Å². The van der Waals surface area contributed by atoms with Crippen LogP contribution in [0.3, 0.4) is 0 Å². The van der Waals surface area contributed by atoms with Gasteiger partial charge in [0.15, 0.2) is 0 Å². The van der Waals surface area contributed by atoms with Gasteiger partial charge >= 0.3 is 0 Å². The Balaban J connectivity index is 1.11. The van der Waals surface area contributed by atoms with Crippen LogP contribution in [-0.4, -0.2) is 9.13 Å². The second kappa shape index (κ2) is 9.96. The SMILES string of the molecule is c1ccc2cc(-n3c4ccccc4c4c5c6ccccc6n(-c6ccc(-c7ccc8c(c7)oc7ccccc78)cc6)c5ccc43)ccc2c1. The standard InChI is InChI=1S/C46H28N2O/c1-2-10-31-27-34(23-19-29(31)9-1)48-40-15-7-4-13-38(40)46-42(48)26-25-41-45(46)37-12-3-6-14-39(37)47(41)33-21-17-30(18-22-33)32-20-24-36-35-11-5-8-16-43(35)49-44(36)28-32/h1-28H. The van der Waals surface area contributed by atoms with Crippen molar-refractivity contribution >= 4 is 76.3 Å². The third kappa shape index (κ3) is 3.78. The number of rotatable bonds is 3. The normalized spacial score (nSPS) is 12.1. The zero-order valence-electron chi connectivity index (χ0n) is 26.5. The van der Waals surface area contributed by atoms with Crippen molar-refractivity contribution in [3.8, 4) is 22.5 Å². The molecule has 0 atom stereocenters. The summed E-state index contributed by atoms with van der Waals surface area (Å²) in [7, 11) is 0. The molecule has 0 radical (unpaired) electrons. The molecule has 3 heteroatoms. The molecule has 0 bridgehead atoms. The topological polar surface area (TPSA) is 23.0 Å². The summed E-state index contributed by atoms with van der Waals surface area (Å²) in [5.74, 6) is 0. The quantitative estimate of drug-likeness (QED) is 0.192. The molecule has 0 unspecified atom stereocenters. The molecule has 0 spiro atoms. The largest absolute Gasteiger partial charge is 0.456 e. The summed E-state index contributed by atoms with van der Waals surface area (Å²) >= 11 is 0. The maximum atomic E-state index is 6.20. The summed E-state index contributed by atoms with van der Waals surface area (Å²) < 4.78 is 11.0. The molecular formula is C46H28N2O. The fraction of sp³-hybridized carbons (Fsp3) is 0. The van der Waals surface area contributed by atoms with Crippen LogP contribution in [0.25, 0.3) is 98.8 Å². The number of nitrogens with zero attached hydrogens (tertiary/aromatic N) is 2. The Morgan fingerprint density at radius 1 is 0.327 bits per heavy atom. The number of para-hydroxylation sites is 3. The summed E-state index contributed by atoms with van der Waals surface area (Å²) in [6.07, 6.45) is 0. The fourth-order valence-electron chi connectivity index (χ4n) is 8.10. The molecule has 11 aromatic rings. The van der Waals surface area contributed by atoms with Crippen molar-refractivity contribution in [2.45, 2.75) is 0 Å². The Morgan fingerprint density at radius 2 is 0.878 bits per heavy atom. The average Bonchev–Trinajstić information content (AvgIpc) is 3.82. The lowest BCUT2D eigenvalue weighted by molar-refractivity contribution is 0.669. The Labute approximate surface area is 281 Å². The van der Waals surface area contributed by atoms with Crippen LogP contribution in [0.15, 0.2) is 174 Å². The minimum absolute atomic E-state index is 0.914. The monoisotopic (exact) mass is 624 g/mol. The highest BCUT2D eigenvalue weighted by molar-refractivity contribution is 6.29. The van der Waals surface area contributed by atoms with E-state index >= 15 is 0 Å². The van der Waals surface area contributed by atoms with Crippen molar-refractivity contribution in [3.05, 3.63) is 170 Å². The molecule has 0 N–H and O–H groups in total. The first-order chi connectivity index (χ1) is 24.3. The van der Waals surface area contributed by atoms with E-state index in [1.807, 2.05) is 12.1 Å². The first-order valence-corrected chi connectivity index (χ1v) is 16.8. The second-order valence-corrected chi connectivity index (χ2v) is 12.9. The molecule has 3 heterocycles. The van der Waals surface area contributed by atoms with Crippen molar-refractivity contribution in [2.24, 2.45) is 0 Å². The molecule has 0 aliphatic heterocycles. The number of aromatic nitrogens is 2. The molecule has 0 fully saturated rings. The van der Waals surface area contributed by atoms with Gasteiger partial charge in [0.25, 0.3) is 0 Å². The van der Waals surface area contributed by atoms with E-state index in [2.05, 4.69) is 167 Å². The minimum atomic E-state index is 0.914. The highest BCUT2D eigenvalue weighted by atomic mass is 16.3. The van der Waals surface area contributed by atoms with Crippen LogP contribution in [0.4, 0.5) is 0 Å². The van der Waals surface area contributed by atoms with E-state index < -0.39 is 0 Å². The van der Waals surface area contributed by atoms with Crippen LogP contribution >= 0.6 is 0 Å². The minimum Gasteiger partial charge on any atom is -0.456 e. The molecule has 3 nitrogen and oxygen atoms in total. The summed E-state index contributed by atoms with van der Waals surface area (Å²) in [6.45, 7) is 0. The van der Waals surface area contributed by atoms with E-state index in [-0.39, 0.29) is 0 Å². The lowest BCUT2D eigenvalue weighted by Crippen LogP contribution is -1.95. The summed E-state index contributed by atoms with van der Waals surface area (Å²) in [5, 5.41) is 9.87. The van der Waals surface area contributed by atoms with E-state index in [1.54, 1.807) is 0 Å². The van der Waals surface area contributed by atoms with Gasteiger partial charge in [-0.15, -0.1) is 0 Å². The predicted molar refractivity (Wildman–Crippen MR) is 205 cm³/mol. The van der Waals surface area contributed by atoms with Gasteiger partial charge in [-0.05, 0) is 88.6 Å². The Morgan fingerprint density at radius 3 is 1.61 bits per heavy atom. The van der Waals surface area contributed by atoms with Gasteiger partial charge in [-0.1, -0.05) is 103 Å². The highest BCUT2D eigenvalue weighted by Crippen LogP contribution is 2.42. The molecule has 0 aliphatic rings. The number of benzene rings is 8. The van der Waals surface area contributed by atoms with E-state index in [9.17, 15) is 0 Å². The molecule has 3 aromatic heterocycles. The van der Waals surface area contributed by atoms with Crippen molar-refractivity contribution in [1.82, 2.24) is 9.13 Å². The van der Waals surface area contributed by atoms with Crippen LogP contribution < -0.4 is 0 Å². The van der Waals surface area contributed by atoms with E-state index in [4.69, 9.17) is 4.42 Å². The van der Waals surface area contributed by atoms with Crippen LogP contribution in [-0.2, 0) is 0 Å². The van der Waals surface area contributed by atoms with Crippen molar-refractivity contribution in [1.29, 1.82) is 0 Å². The Hall–Kier alpha value is -6.58. The fourth-order valence-corrected chi connectivity index (χ4v) is 8.10. The lowest BCUT2D eigenvalue weighted by atomic mass is 10.0. The van der Waals surface area contributed by atoms with Crippen molar-refractivity contribution < 1.29 is 4.42 Å². The maximum Gasteiger partial charge on any atom is 0.136 e. The van der Waals surface area contributed by atoms with Gasteiger partial charge in [-0.3, -0.25) is 0 Å². The Bertz CT molecular complexity index is 3100. The predicted octanol–water partition coefficient (Wildman–Crippen LogP) is 12.6. The molecule has 49 heavy (non-hydrogen) atoms. The van der Waals surface area contributed by atoms with Crippen LogP contribution in [0.5, 0.6) is 0 Å². The molecular weight excluding hydrogens is 597 g/mol. The van der Waals surface area contributed by atoms with Gasteiger partial charge in [0.05, 0.1) is 22.1 Å². The van der Waals surface area contributed by atoms with Gasteiger partial charge in [0, 0.05) is 43.7 Å². The van der Waals surface area contributed by atoms with Crippen molar-refractivity contribution in [2.75, 3.05) is 0 Å². The third-order valence-electron chi connectivity index (χ3n) is 10.3. The van der Waals surface area contributed by atoms with Crippen LogP contribution in [0.1, 0.15) is 0 Å². The van der Waals surface area contributed by atoms with E-state index in [1.165, 1.54) is 60.1 Å². The summed E-state index contributed by atoms with van der Waals surface area (Å²) in [4.78, 5) is 0. The molecule has 0 saturated heterocycles. The summed E-state index contributed by atoms with van der Waals surface area (Å²) in [6, 6.07) is 61.3. The zero-order valence-corrected chi connectivity index (χ0v) is 26.5. The van der Waals surface area contributed by atoms with Gasteiger partial charge in [0.2, 0.25) is 0 Å². The zero-order chi connectivity index (χ0) is 32.1. The highest BCUT2D eigenvalue weighted by Gasteiger charge is 2.20. The summed E-state index contributed by atoms with van der Waals surface area (Å²) in [5.41, 5.74) is 11.3. The molecule has 8 aromatic carbocycles. The molecule has 228 valence electrons. The molecule has 0 saturated carbocycles. The molecule has 0 amide bonds. The molecule has 11 rings (SSSR count). The first-order valence-electron chi connectivity index (χ1n) is 16.8. The molecule has 0 aliphatic carbocycles. The first kappa shape index (κ1) is 26.5. The smallest absolute Gasteiger partial charge is 0.136 e. The number of furan rings is 1. The number of hydrogen-bond acceptors (Lipinski definition) is 1. The van der Waals surface area contributed by atoms with Crippen molar-refractivity contribution in [3.63, 3.8) is 0 Å². The average molecular weight is 625 g/mol. The van der Waals surface area contributed by atoms with E-state index in [0.29, 0.717) is 0 Å².